The molecule has 0 radical (unpaired) electrons. The Labute approximate surface area is 126 Å². The van der Waals surface area contributed by atoms with Gasteiger partial charge in [0.2, 0.25) is 5.91 Å². The molecule has 0 atom stereocenters. The fourth-order valence-corrected chi connectivity index (χ4v) is 2.89. The van der Waals surface area contributed by atoms with Crippen LogP contribution in [-0.4, -0.2) is 10.9 Å². The summed E-state index contributed by atoms with van der Waals surface area (Å²) in [5.74, 6) is 0.724. The van der Waals surface area contributed by atoms with Crippen molar-refractivity contribution in [3.63, 3.8) is 0 Å². The van der Waals surface area contributed by atoms with Gasteiger partial charge in [0.1, 0.15) is 5.52 Å². The number of carbonyl (C=O) groups excluding carboxylic acids is 1. The first-order chi connectivity index (χ1) is 10.2. The van der Waals surface area contributed by atoms with E-state index in [2.05, 4.69) is 16.4 Å². The minimum atomic E-state index is 0.0693. The molecule has 0 aliphatic rings. The summed E-state index contributed by atoms with van der Waals surface area (Å²) in [5.41, 5.74) is 2.64. The number of fused-ring (bicyclic) bond motifs is 1. The quantitative estimate of drug-likeness (QED) is 0.785. The van der Waals surface area contributed by atoms with Crippen LogP contribution in [0.25, 0.3) is 11.1 Å². The first-order valence-electron chi connectivity index (χ1n) is 6.86. The van der Waals surface area contributed by atoms with Gasteiger partial charge in [-0.1, -0.05) is 12.1 Å². The number of hydrogen-bond acceptors (Lipinski definition) is 4. The lowest BCUT2D eigenvalue weighted by atomic mass is 10.2. The Kier molecular flexibility index (Phi) is 4.01. The van der Waals surface area contributed by atoms with E-state index in [1.54, 1.807) is 11.3 Å². The number of aromatic nitrogens is 1. The van der Waals surface area contributed by atoms with Crippen molar-refractivity contribution in [3.8, 4) is 0 Å². The van der Waals surface area contributed by atoms with Crippen molar-refractivity contribution in [1.29, 1.82) is 0 Å². The highest BCUT2D eigenvalue weighted by molar-refractivity contribution is 7.09. The molecule has 1 amide bonds. The zero-order chi connectivity index (χ0) is 14.7. The summed E-state index contributed by atoms with van der Waals surface area (Å²) in [6.07, 6.45) is 1.32. The molecular weight excluding hydrogens is 284 g/mol. The van der Waals surface area contributed by atoms with Crippen LogP contribution in [-0.2, 0) is 17.8 Å². The number of rotatable bonds is 5. The van der Waals surface area contributed by atoms with Crippen LogP contribution in [0.15, 0.2) is 40.1 Å². The number of carbonyl (C=O) groups is 1. The molecule has 108 valence electrons. The maximum Gasteiger partial charge on any atom is 0.220 e. The van der Waals surface area contributed by atoms with Gasteiger partial charge in [-0.05, 0) is 35.6 Å². The van der Waals surface area contributed by atoms with Gasteiger partial charge in [-0.2, -0.15) is 0 Å². The van der Waals surface area contributed by atoms with Crippen molar-refractivity contribution in [1.82, 2.24) is 10.3 Å². The first kappa shape index (κ1) is 13.8. The lowest BCUT2D eigenvalue weighted by molar-refractivity contribution is -0.121. The maximum absolute atomic E-state index is 11.8. The number of nitrogens with one attached hydrogen (secondary N) is 1. The van der Waals surface area contributed by atoms with E-state index in [1.165, 1.54) is 4.88 Å². The average Bonchev–Trinajstić information content (AvgIpc) is 3.10. The van der Waals surface area contributed by atoms with Gasteiger partial charge in [-0.3, -0.25) is 4.79 Å². The molecule has 0 aliphatic carbocycles. The summed E-state index contributed by atoms with van der Waals surface area (Å²) < 4.78 is 5.43. The topological polar surface area (TPSA) is 55.1 Å². The van der Waals surface area contributed by atoms with Gasteiger partial charge >= 0.3 is 0 Å². The van der Waals surface area contributed by atoms with Crippen LogP contribution < -0.4 is 5.32 Å². The van der Waals surface area contributed by atoms with Crippen LogP contribution in [0.1, 0.15) is 22.8 Å². The van der Waals surface area contributed by atoms with Crippen molar-refractivity contribution in [2.24, 2.45) is 0 Å². The van der Waals surface area contributed by atoms with Crippen molar-refractivity contribution < 1.29 is 9.21 Å². The van der Waals surface area contributed by atoms with E-state index >= 15 is 0 Å². The fraction of sp³-hybridized carbons (Fsp3) is 0.250. The standard InChI is InChI=1S/C16H16N2O2S/c1-11-18-14-9-12(4-6-15(14)20-11)10-17-16(19)7-5-13-3-2-8-21-13/h2-4,6,8-9H,5,7,10H2,1H3,(H,17,19). The summed E-state index contributed by atoms with van der Waals surface area (Å²) >= 11 is 1.68. The minimum Gasteiger partial charge on any atom is -0.441 e. The molecule has 0 saturated heterocycles. The predicted molar refractivity (Wildman–Crippen MR) is 83.2 cm³/mol. The number of amides is 1. The summed E-state index contributed by atoms with van der Waals surface area (Å²) in [7, 11) is 0. The smallest absolute Gasteiger partial charge is 0.220 e. The second kappa shape index (κ2) is 6.10. The molecule has 0 fully saturated rings. The molecule has 2 aromatic heterocycles. The van der Waals surface area contributed by atoms with Crippen LogP contribution in [0.2, 0.25) is 0 Å². The summed E-state index contributed by atoms with van der Waals surface area (Å²) in [5, 5.41) is 4.97. The largest absolute Gasteiger partial charge is 0.441 e. The van der Waals surface area contributed by atoms with E-state index in [0.29, 0.717) is 18.9 Å². The lowest BCUT2D eigenvalue weighted by Gasteiger charge is -2.04. The number of oxazole rings is 1. The van der Waals surface area contributed by atoms with E-state index in [-0.39, 0.29) is 5.91 Å². The highest BCUT2D eigenvalue weighted by Gasteiger charge is 2.06. The third-order valence-corrected chi connectivity index (χ3v) is 4.16. The van der Waals surface area contributed by atoms with Gasteiger partial charge in [0.05, 0.1) is 0 Å². The SMILES string of the molecule is Cc1nc2cc(CNC(=O)CCc3cccs3)ccc2o1. The Bertz CT molecular complexity index is 747. The molecule has 0 saturated carbocycles. The maximum atomic E-state index is 11.8. The van der Waals surface area contributed by atoms with Gasteiger partial charge in [-0.15, -0.1) is 11.3 Å². The molecule has 21 heavy (non-hydrogen) atoms. The normalized spacial score (nSPS) is 10.9. The predicted octanol–water partition coefficient (Wildman–Crippen LogP) is 3.45. The molecule has 2 heterocycles. The van der Waals surface area contributed by atoms with Gasteiger partial charge in [0, 0.05) is 24.8 Å². The third-order valence-electron chi connectivity index (χ3n) is 3.23. The highest BCUT2D eigenvalue weighted by atomic mass is 32.1. The van der Waals surface area contributed by atoms with Crippen molar-refractivity contribution in [2.75, 3.05) is 0 Å². The van der Waals surface area contributed by atoms with E-state index in [0.717, 1.165) is 23.1 Å². The van der Waals surface area contributed by atoms with E-state index in [4.69, 9.17) is 4.42 Å². The Morgan fingerprint density at radius 2 is 2.29 bits per heavy atom. The molecule has 4 nitrogen and oxygen atoms in total. The third kappa shape index (κ3) is 3.49. The van der Waals surface area contributed by atoms with Gasteiger partial charge in [0.25, 0.3) is 0 Å². The summed E-state index contributed by atoms with van der Waals surface area (Å²) in [6.45, 7) is 2.34. The molecule has 0 bridgehead atoms. The molecule has 0 unspecified atom stereocenters. The Morgan fingerprint density at radius 1 is 1.38 bits per heavy atom. The van der Waals surface area contributed by atoms with Crippen molar-refractivity contribution in [2.45, 2.75) is 26.3 Å². The van der Waals surface area contributed by atoms with E-state index < -0.39 is 0 Å². The first-order valence-corrected chi connectivity index (χ1v) is 7.74. The number of nitrogens with zero attached hydrogens (tertiary/aromatic N) is 1. The average molecular weight is 300 g/mol. The molecule has 3 aromatic rings. The molecule has 1 N–H and O–H groups in total. The minimum absolute atomic E-state index is 0.0693. The van der Waals surface area contributed by atoms with Crippen LogP contribution in [0.4, 0.5) is 0 Å². The van der Waals surface area contributed by atoms with Gasteiger partial charge in [0.15, 0.2) is 11.5 Å². The summed E-state index contributed by atoms with van der Waals surface area (Å²) in [6, 6.07) is 9.85. The molecule has 0 aliphatic heterocycles. The number of aryl methyl sites for hydroxylation is 2. The van der Waals surface area contributed by atoms with E-state index in [9.17, 15) is 4.79 Å². The summed E-state index contributed by atoms with van der Waals surface area (Å²) in [4.78, 5) is 17.4. The molecule has 5 heteroatoms. The van der Waals surface area contributed by atoms with Gasteiger partial charge < -0.3 is 9.73 Å². The fourth-order valence-electron chi connectivity index (χ4n) is 2.18. The van der Waals surface area contributed by atoms with Crippen LogP contribution >= 0.6 is 11.3 Å². The second-order valence-electron chi connectivity index (χ2n) is 4.89. The Balaban J connectivity index is 1.54. The Hall–Kier alpha value is -2.14. The molecule has 3 rings (SSSR count). The molecule has 1 aromatic carbocycles. The van der Waals surface area contributed by atoms with Crippen molar-refractivity contribution in [3.05, 3.63) is 52.0 Å². The zero-order valence-corrected chi connectivity index (χ0v) is 12.6. The van der Waals surface area contributed by atoms with Crippen LogP contribution in [0, 0.1) is 6.92 Å². The molecule has 0 spiro atoms. The van der Waals surface area contributed by atoms with Crippen molar-refractivity contribution >= 4 is 28.3 Å². The molecular formula is C16H16N2O2S. The number of hydrogen-bond donors (Lipinski definition) is 1. The lowest BCUT2D eigenvalue weighted by Crippen LogP contribution is -2.22. The number of thiophene rings is 1. The van der Waals surface area contributed by atoms with E-state index in [1.807, 2.05) is 36.6 Å². The zero-order valence-electron chi connectivity index (χ0n) is 11.8. The van der Waals surface area contributed by atoms with Crippen LogP contribution in [0.3, 0.4) is 0 Å². The van der Waals surface area contributed by atoms with Crippen LogP contribution in [0.5, 0.6) is 0 Å². The monoisotopic (exact) mass is 300 g/mol. The Morgan fingerprint density at radius 3 is 3.10 bits per heavy atom. The highest BCUT2D eigenvalue weighted by Crippen LogP contribution is 2.16. The van der Waals surface area contributed by atoms with Gasteiger partial charge in [-0.25, -0.2) is 4.98 Å². The number of benzene rings is 1. The second-order valence-corrected chi connectivity index (χ2v) is 5.92.